The molecule has 3 aromatic rings. The van der Waals surface area contributed by atoms with E-state index in [0.29, 0.717) is 17.2 Å². The molecular formula is C15H14FN5. The molecule has 5 nitrogen and oxygen atoms in total. The smallest absolute Gasteiger partial charge is 0.187 e. The van der Waals surface area contributed by atoms with Crippen LogP contribution in [0.25, 0.3) is 17.1 Å². The third-order valence-corrected chi connectivity index (χ3v) is 3.16. The van der Waals surface area contributed by atoms with Crippen LogP contribution in [0.5, 0.6) is 0 Å². The summed E-state index contributed by atoms with van der Waals surface area (Å²) in [6, 6.07) is 10.3. The van der Waals surface area contributed by atoms with Gasteiger partial charge in [0.05, 0.1) is 0 Å². The van der Waals surface area contributed by atoms with E-state index >= 15 is 0 Å². The van der Waals surface area contributed by atoms with Crippen LogP contribution in [0.2, 0.25) is 0 Å². The van der Waals surface area contributed by atoms with Gasteiger partial charge in [-0.3, -0.25) is 0 Å². The predicted octanol–water partition coefficient (Wildman–Crippen LogP) is 2.67. The highest BCUT2D eigenvalue weighted by atomic mass is 19.1. The standard InChI is InChI=1S/C15H14FN5/c1-9-3-4-13(16)14(7-9)21-15(18-19-20-21)11-5-10(2)6-12(17)8-11/h3-8H,17H2,1-2H3. The van der Waals surface area contributed by atoms with Crippen molar-refractivity contribution in [2.24, 2.45) is 0 Å². The highest BCUT2D eigenvalue weighted by Gasteiger charge is 2.15. The molecule has 0 amide bonds. The molecule has 6 heteroatoms. The minimum atomic E-state index is -0.380. The molecule has 2 N–H and O–H groups in total. The molecule has 0 atom stereocenters. The molecule has 0 fully saturated rings. The summed E-state index contributed by atoms with van der Waals surface area (Å²) in [4.78, 5) is 0. The van der Waals surface area contributed by atoms with Crippen molar-refractivity contribution in [2.45, 2.75) is 13.8 Å². The van der Waals surface area contributed by atoms with Crippen molar-refractivity contribution < 1.29 is 4.39 Å². The number of benzene rings is 2. The molecule has 0 spiro atoms. The van der Waals surface area contributed by atoms with Gasteiger partial charge in [0, 0.05) is 11.3 Å². The number of nitrogens with zero attached hydrogens (tertiary/aromatic N) is 4. The lowest BCUT2D eigenvalue weighted by molar-refractivity contribution is 0.607. The van der Waals surface area contributed by atoms with Crippen molar-refractivity contribution >= 4 is 5.69 Å². The van der Waals surface area contributed by atoms with E-state index in [2.05, 4.69) is 15.5 Å². The Hall–Kier alpha value is -2.76. The summed E-state index contributed by atoms with van der Waals surface area (Å²) in [5.41, 5.74) is 9.45. The predicted molar refractivity (Wildman–Crippen MR) is 78.4 cm³/mol. The second-order valence-corrected chi connectivity index (χ2v) is 5.00. The second-order valence-electron chi connectivity index (χ2n) is 5.00. The summed E-state index contributed by atoms with van der Waals surface area (Å²) in [6.45, 7) is 3.82. The minimum absolute atomic E-state index is 0.315. The van der Waals surface area contributed by atoms with Crippen LogP contribution >= 0.6 is 0 Å². The van der Waals surface area contributed by atoms with Crippen molar-refractivity contribution in [3.05, 3.63) is 53.3 Å². The van der Waals surface area contributed by atoms with E-state index in [1.54, 1.807) is 18.2 Å². The van der Waals surface area contributed by atoms with Crippen molar-refractivity contribution in [1.82, 2.24) is 20.2 Å². The number of aromatic nitrogens is 4. The topological polar surface area (TPSA) is 69.6 Å². The van der Waals surface area contributed by atoms with E-state index in [9.17, 15) is 4.39 Å². The van der Waals surface area contributed by atoms with Gasteiger partial charge < -0.3 is 5.73 Å². The van der Waals surface area contributed by atoms with Gasteiger partial charge in [0.15, 0.2) is 5.82 Å². The Balaban J connectivity index is 2.19. The summed E-state index contributed by atoms with van der Waals surface area (Å²) in [6.07, 6.45) is 0. The summed E-state index contributed by atoms with van der Waals surface area (Å²) < 4.78 is 15.4. The van der Waals surface area contributed by atoms with Gasteiger partial charge in [-0.05, 0) is 65.7 Å². The van der Waals surface area contributed by atoms with Crippen molar-refractivity contribution in [2.75, 3.05) is 5.73 Å². The molecule has 0 saturated carbocycles. The van der Waals surface area contributed by atoms with Crippen LogP contribution in [-0.2, 0) is 0 Å². The van der Waals surface area contributed by atoms with Gasteiger partial charge >= 0.3 is 0 Å². The largest absolute Gasteiger partial charge is 0.399 e. The van der Waals surface area contributed by atoms with Gasteiger partial charge in [0.25, 0.3) is 0 Å². The number of aryl methyl sites for hydroxylation is 2. The zero-order chi connectivity index (χ0) is 15.0. The Kier molecular flexibility index (Phi) is 3.13. The van der Waals surface area contributed by atoms with E-state index in [-0.39, 0.29) is 5.82 Å². The molecule has 3 rings (SSSR count). The maximum Gasteiger partial charge on any atom is 0.187 e. The number of hydrogen-bond donors (Lipinski definition) is 1. The number of rotatable bonds is 2. The Morgan fingerprint density at radius 3 is 2.62 bits per heavy atom. The fourth-order valence-electron chi connectivity index (χ4n) is 2.26. The molecule has 0 aliphatic heterocycles. The monoisotopic (exact) mass is 283 g/mol. The highest BCUT2D eigenvalue weighted by molar-refractivity contribution is 5.64. The fraction of sp³-hybridized carbons (Fsp3) is 0.133. The molecule has 0 unspecified atom stereocenters. The maximum absolute atomic E-state index is 14.0. The van der Waals surface area contributed by atoms with Gasteiger partial charge in [-0.1, -0.05) is 6.07 Å². The number of nitrogen functional groups attached to an aromatic ring is 1. The quantitative estimate of drug-likeness (QED) is 0.734. The first-order valence-corrected chi connectivity index (χ1v) is 6.47. The molecule has 21 heavy (non-hydrogen) atoms. The Labute approximate surface area is 121 Å². The van der Waals surface area contributed by atoms with Gasteiger partial charge in [0.2, 0.25) is 0 Å². The first kappa shape index (κ1) is 13.2. The Morgan fingerprint density at radius 2 is 1.86 bits per heavy atom. The summed E-state index contributed by atoms with van der Waals surface area (Å²) in [5.74, 6) is 0.0738. The van der Waals surface area contributed by atoms with Gasteiger partial charge in [0.1, 0.15) is 11.5 Å². The van der Waals surface area contributed by atoms with Crippen LogP contribution in [0.3, 0.4) is 0 Å². The second kappa shape index (κ2) is 4.97. The van der Waals surface area contributed by atoms with Gasteiger partial charge in [-0.2, -0.15) is 4.68 Å². The minimum Gasteiger partial charge on any atom is -0.399 e. The van der Waals surface area contributed by atoms with E-state index in [0.717, 1.165) is 16.7 Å². The van der Waals surface area contributed by atoms with Crippen molar-refractivity contribution in [3.63, 3.8) is 0 Å². The lowest BCUT2D eigenvalue weighted by atomic mass is 10.1. The molecule has 106 valence electrons. The third kappa shape index (κ3) is 2.47. The number of hydrogen-bond acceptors (Lipinski definition) is 4. The third-order valence-electron chi connectivity index (χ3n) is 3.16. The lowest BCUT2D eigenvalue weighted by Crippen LogP contribution is -2.03. The molecule has 0 saturated heterocycles. The number of tetrazole rings is 1. The average molecular weight is 283 g/mol. The lowest BCUT2D eigenvalue weighted by Gasteiger charge is -2.08. The summed E-state index contributed by atoms with van der Waals surface area (Å²) >= 11 is 0. The maximum atomic E-state index is 14.0. The first-order valence-electron chi connectivity index (χ1n) is 6.47. The molecule has 2 aromatic carbocycles. The van der Waals surface area contributed by atoms with Crippen LogP contribution in [0, 0.1) is 19.7 Å². The fourth-order valence-corrected chi connectivity index (χ4v) is 2.26. The number of nitrogens with two attached hydrogens (primary N) is 1. The van der Waals surface area contributed by atoms with E-state index < -0.39 is 0 Å². The molecule has 0 bridgehead atoms. The number of halogens is 1. The molecule has 0 aliphatic rings. The van der Waals surface area contributed by atoms with Crippen LogP contribution in [0.4, 0.5) is 10.1 Å². The molecule has 1 heterocycles. The van der Waals surface area contributed by atoms with Gasteiger partial charge in [-0.15, -0.1) is 5.10 Å². The van der Waals surface area contributed by atoms with E-state index in [1.165, 1.54) is 10.7 Å². The van der Waals surface area contributed by atoms with Gasteiger partial charge in [-0.25, -0.2) is 4.39 Å². The zero-order valence-corrected chi connectivity index (χ0v) is 11.7. The summed E-state index contributed by atoms with van der Waals surface area (Å²) in [7, 11) is 0. The van der Waals surface area contributed by atoms with Crippen LogP contribution in [-0.4, -0.2) is 20.2 Å². The normalized spacial score (nSPS) is 10.8. The Bertz CT molecular complexity index is 789. The zero-order valence-electron chi connectivity index (χ0n) is 11.7. The van der Waals surface area contributed by atoms with E-state index in [4.69, 9.17) is 5.73 Å². The molecular weight excluding hydrogens is 269 g/mol. The first-order chi connectivity index (χ1) is 10.0. The molecule has 0 aliphatic carbocycles. The van der Waals surface area contributed by atoms with Crippen LogP contribution < -0.4 is 5.73 Å². The number of anilines is 1. The Morgan fingerprint density at radius 1 is 1.05 bits per heavy atom. The highest BCUT2D eigenvalue weighted by Crippen LogP contribution is 2.24. The molecule has 1 aromatic heterocycles. The van der Waals surface area contributed by atoms with Crippen molar-refractivity contribution in [3.8, 4) is 17.1 Å². The average Bonchev–Trinajstić information content (AvgIpc) is 2.89. The SMILES string of the molecule is Cc1cc(N)cc(-c2nnnn2-c2cc(C)ccc2F)c1. The van der Waals surface area contributed by atoms with Crippen molar-refractivity contribution in [1.29, 1.82) is 0 Å². The van der Waals surface area contributed by atoms with E-state index in [1.807, 2.05) is 26.0 Å². The summed E-state index contributed by atoms with van der Waals surface area (Å²) in [5, 5.41) is 11.6. The van der Waals surface area contributed by atoms with Crippen LogP contribution in [0.1, 0.15) is 11.1 Å². The molecule has 0 radical (unpaired) electrons. The van der Waals surface area contributed by atoms with Crippen LogP contribution in [0.15, 0.2) is 36.4 Å².